The molecule has 2 N–H and O–H groups in total. The number of nitrogens with two attached hydrogens (primary N) is 1. The minimum Gasteiger partial charge on any atom is -0.469 e. The Labute approximate surface area is 79.0 Å². The van der Waals surface area contributed by atoms with Crippen LogP contribution < -0.4 is 5.73 Å². The zero-order valence-corrected chi connectivity index (χ0v) is 8.54. The topological polar surface area (TPSA) is 55.6 Å². The van der Waals surface area contributed by atoms with Crippen molar-refractivity contribution >= 4 is 5.97 Å². The summed E-state index contributed by atoms with van der Waals surface area (Å²) < 4.78 is 4.71. The Morgan fingerprint density at radius 1 is 1.62 bits per heavy atom. The molecule has 0 bridgehead atoms. The largest absolute Gasteiger partial charge is 0.469 e. The number of likely N-dealkylation sites (tertiary alicyclic amines) is 1. The maximum atomic E-state index is 11.3. The summed E-state index contributed by atoms with van der Waals surface area (Å²) in [4.78, 5) is 13.5. The Balaban J connectivity index is 2.38. The van der Waals surface area contributed by atoms with Crippen LogP contribution in [0.3, 0.4) is 0 Å². The predicted molar refractivity (Wildman–Crippen MR) is 50.2 cm³/mol. The monoisotopic (exact) mass is 186 g/mol. The van der Waals surface area contributed by atoms with Crippen LogP contribution in [0.15, 0.2) is 0 Å². The van der Waals surface area contributed by atoms with Crippen LogP contribution in [0.1, 0.15) is 13.8 Å². The molecule has 13 heavy (non-hydrogen) atoms. The molecule has 0 unspecified atom stereocenters. The fourth-order valence-corrected chi connectivity index (χ4v) is 1.64. The Hall–Kier alpha value is -0.610. The van der Waals surface area contributed by atoms with Crippen molar-refractivity contribution in [3.05, 3.63) is 0 Å². The third-order valence-corrected chi connectivity index (χ3v) is 2.34. The number of methoxy groups -OCH3 is 1. The smallest absolute Gasteiger partial charge is 0.312 e. The molecule has 4 nitrogen and oxygen atoms in total. The molecule has 0 aromatic rings. The molecule has 4 heteroatoms. The number of hydrogen-bond donors (Lipinski definition) is 1. The van der Waals surface area contributed by atoms with E-state index in [-0.39, 0.29) is 12.0 Å². The van der Waals surface area contributed by atoms with Crippen LogP contribution in [0.5, 0.6) is 0 Å². The van der Waals surface area contributed by atoms with Gasteiger partial charge < -0.3 is 10.5 Å². The molecule has 0 spiro atoms. The second-order valence-electron chi connectivity index (χ2n) is 4.33. The van der Waals surface area contributed by atoms with Crippen molar-refractivity contribution in [1.82, 2.24) is 4.90 Å². The molecule has 76 valence electrons. The van der Waals surface area contributed by atoms with Gasteiger partial charge in [-0.15, -0.1) is 0 Å². The van der Waals surface area contributed by atoms with Gasteiger partial charge >= 0.3 is 5.97 Å². The lowest BCUT2D eigenvalue weighted by atomic mass is 9.91. The molecule has 0 radical (unpaired) electrons. The Bertz CT molecular complexity index is 198. The lowest BCUT2D eigenvalue weighted by Gasteiger charge is -2.40. The highest BCUT2D eigenvalue weighted by Crippen LogP contribution is 2.21. The average Bonchev–Trinajstić information content (AvgIpc) is 1.99. The van der Waals surface area contributed by atoms with Crippen molar-refractivity contribution in [2.45, 2.75) is 19.9 Å². The number of rotatable bonds is 3. The van der Waals surface area contributed by atoms with Gasteiger partial charge in [0.15, 0.2) is 0 Å². The summed E-state index contributed by atoms with van der Waals surface area (Å²) in [5.41, 5.74) is 5.22. The summed E-state index contributed by atoms with van der Waals surface area (Å²) in [6.45, 7) is 6.29. The van der Waals surface area contributed by atoms with Crippen LogP contribution in [-0.4, -0.2) is 43.7 Å². The van der Waals surface area contributed by atoms with Gasteiger partial charge in [0, 0.05) is 25.7 Å². The Morgan fingerprint density at radius 3 is 2.54 bits per heavy atom. The third-order valence-electron chi connectivity index (χ3n) is 2.34. The Morgan fingerprint density at radius 2 is 2.15 bits per heavy atom. The highest BCUT2D eigenvalue weighted by molar-refractivity contribution is 5.76. The van der Waals surface area contributed by atoms with E-state index in [1.165, 1.54) is 7.11 Å². The first kappa shape index (κ1) is 10.5. The van der Waals surface area contributed by atoms with Crippen LogP contribution in [0.2, 0.25) is 0 Å². The lowest BCUT2D eigenvalue weighted by Crippen LogP contribution is -2.58. The van der Waals surface area contributed by atoms with E-state index < -0.39 is 5.41 Å². The average molecular weight is 186 g/mol. The molecule has 1 aliphatic rings. The molecule has 1 fully saturated rings. The summed E-state index contributed by atoms with van der Waals surface area (Å²) in [6.07, 6.45) is 0. The first-order valence-electron chi connectivity index (χ1n) is 4.52. The molecule has 1 heterocycles. The molecule has 0 saturated carbocycles. The highest BCUT2D eigenvalue weighted by Gasteiger charge is 2.34. The molecule has 0 atom stereocenters. The SMILES string of the molecule is COC(=O)C(C)(C)CN1CC(N)C1. The van der Waals surface area contributed by atoms with E-state index in [9.17, 15) is 4.79 Å². The van der Waals surface area contributed by atoms with Crippen LogP contribution in [0.4, 0.5) is 0 Å². The van der Waals surface area contributed by atoms with Gasteiger partial charge in [0.05, 0.1) is 12.5 Å². The molecular weight excluding hydrogens is 168 g/mol. The van der Waals surface area contributed by atoms with E-state index in [4.69, 9.17) is 10.5 Å². The van der Waals surface area contributed by atoms with Gasteiger partial charge in [-0.2, -0.15) is 0 Å². The fraction of sp³-hybridized carbons (Fsp3) is 0.889. The lowest BCUT2D eigenvalue weighted by molar-refractivity contribution is -0.152. The fourth-order valence-electron chi connectivity index (χ4n) is 1.64. The van der Waals surface area contributed by atoms with E-state index in [0.29, 0.717) is 0 Å². The van der Waals surface area contributed by atoms with Crippen LogP contribution in [0.25, 0.3) is 0 Å². The van der Waals surface area contributed by atoms with Gasteiger partial charge in [-0.25, -0.2) is 0 Å². The molecule has 1 rings (SSSR count). The van der Waals surface area contributed by atoms with E-state index in [1.54, 1.807) is 0 Å². The van der Waals surface area contributed by atoms with E-state index in [2.05, 4.69) is 4.90 Å². The Kier molecular flexibility index (Phi) is 2.93. The van der Waals surface area contributed by atoms with E-state index in [1.807, 2.05) is 13.8 Å². The van der Waals surface area contributed by atoms with Crippen LogP contribution in [-0.2, 0) is 9.53 Å². The van der Waals surface area contributed by atoms with E-state index >= 15 is 0 Å². The third kappa shape index (κ3) is 2.42. The van der Waals surface area contributed by atoms with Gasteiger partial charge in [0.1, 0.15) is 0 Å². The van der Waals surface area contributed by atoms with Gasteiger partial charge in [-0.3, -0.25) is 9.69 Å². The number of esters is 1. The van der Waals surface area contributed by atoms with Crippen molar-refractivity contribution < 1.29 is 9.53 Å². The van der Waals surface area contributed by atoms with Gasteiger partial charge in [-0.1, -0.05) is 0 Å². The van der Waals surface area contributed by atoms with Crippen molar-refractivity contribution in [1.29, 1.82) is 0 Å². The normalized spacial score (nSPS) is 19.7. The zero-order valence-electron chi connectivity index (χ0n) is 8.54. The maximum absolute atomic E-state index is 11.3. The summed E-state index contributed by atoms with van der Waals surface area (Å²) in [5, 5.41) is 0. The number of hydrogen-bond acceptors (Lipinski definition) is 4. The first-order chi connectivity index (χ1) is 5.95. The number of nitrogens with zero attached hydrogens (tertiary/aromatic N) is 1. The van der Waals surface area contributed by atoms with Crippen molar-refractivity contribution in [3.63, 3.8) is 0 Å². The maximum Gasteiger partial charge on any atom is 0.312 e. The second-order valence-corrected chi connectivity index (χ2v) is 4.33. The number of carbonyl (C=O) groups excluding carboxylic acids is 1. The highest BCUT2D eigenvalue weighted by atomic mass is 16.5. The predicted octanol–water partition coefficient (Wildman–Crippen LogP) is -0.171. The van der Waals surface area contributed by atoms with Crippen molar-refractivity contribution in [2.75, 3.05) is 26.7 Å². The summed E-state index contributed by atoms with van der Waals surface area (Å²) in [5.74, 6) is -0.159. The zero-order chi connectivity index (χ0) is 10.1. The van der Waals surface area contributed by atoms with Gasteiger partial charge in [0.25, 0.3) is 0 Å². The van der Waals surface area contributed by atoms with Crippen LogP contribution >= 0.6 is 0 Å². The van der Waals surface area contributed by atoms with Crippen LogP contribution in [0, 0.1) is 5.41 Å². The quantitative estimate of drug-likeness (QED) is 0.622. The minimum atomic E-state index is -0.422. The van der Waals surface area contributed by atoms with E-state index in [0.717, 1.165) is 19.6 Å². The molecule has 0 amide bonds. The summed E-state index contributed by atoms with van der Waals surface area (Å²) in [7, 11) is 1.42. The summed E-state index contributed by atoms with van der Waals surface area (Å²) in [6, 6.07) is 0.286. The van der Waals surface area contributed by atoms with Crippen molar-refractivity contribution in [3.8, 4) is 0 Å². The van der Waals surface area contributed by atoms with Crippen molar-refractivity contribution in [2.24, 2.45) is 11.1 Å². The first-order valence-corrected chi connectivity index (χ1v) is 4.52. The molecule has 1 aliphatic heterocycles. The number of carbonyl (C=O) groups is 1. The van der Waals surface area contributed by atoms with Gasteiger partial charge in [0.2, 0.25) is 0 Å². The summed E-state index contributed by atoms with van der Waals surface area (Å²) >= 11 is 0. The molecular formula is C9H18N2O2. The molecule has 0 aromatic carbocycles. The molecule has 0 aromatic heterocycles. The standard InChI is InChI=1S/C9H18N2O2/c1-9(2,8(12)13-3)6-11-4-7(10)5-11/h7H,4-6,10H2,1-3H3. The number of ether oxygens (including phenoxy) is 1. The minimum absolute atomic E-state index is 0.159. The second kappa shape index (κ2) is 3.64. The molecule has 0 aliphatic carbocycles. The molecule has 1 saturated heterocycles. The van der Waals surface area contributed by atoms with Gasteiger partial charge in [-0.05, 0) is 13.8 Å².